The smallest absolute Gasteiger partial charge is 0.289 e. The lowest BCUT2D eigenvalue weighted by Gasteiger charge is -2.57. The molecule has 0 radical (unpaired) electrons. The highest BCUT2D eigenvalue weighted by atomic mass is 31.2. The summed E-state index contributed by atoms with van der Waals surface area (Å²) in [6, 6.07) is 11.4. The summed E-state index contributed by atoms with van der Waals surface area (Å²) in [6.07, 6.45) is 16.7. The van der Waals surface area contributed by atoms with Crippen LogP contribution in [-0.2, 0) is 9.98 Å². The number of unbranched alkanes of at least 4 members (excludes halogenated alkanes) is 8. The van der Waals surface area contributed by atoms with E-state index in [2.05, 4.69) is 12.1 Å². The van der Waals surface area contributed by atoms with E-state index in [4.69, 9.17) is 9.94 Å². The molecule has 0 heterocycles. The molecule has 4 aliphatic rings. The number of nitrogens with one attached hydrogen (secondary N) is 1. The van der Waals surface area contributed by atoms with Crippen LogP contribution in [0.1, 0.15) is 102 Å². The highest BCUT2D eigenvalue weighted by molar-refractivity contribution is 7.55. The molecule has 41 heavy (non-hydrogen) atoms. The van der Waals surface area contributed by atoms with Gasteiger partial charge in [-0.25, -0.2) is 4.39 Å². The zero-order valence-corrected chi connectivity index (χ0v) is 25.0. The molecule has 4 saturated carbocycles. The molecule has 2 aromatic rings. The maximum Gasteiger partial charge on any atom is 0.289 e. The molecule has 6 rings (SSSR count). The molecule has 0 saturated heterocycles. The Kier molecular flexibility index (Phi) is 10.2. The van der Waals surface area contributed by atoms with Gasteiger partial charge in [-0.15, -0.1) is 5.25 Å². The molecule has 226 valence electrons. The van der Waals surface area contributed by atoms with E-state index < -0.39 is 19.2 Å². The van der Waals surface area contributed by atoms with E-state index in [1.807, 2.05) is 12.1 Å². The van der Waals surface area contributed by atoms with Crippen molar-refractivity contribution in [3.05, 3.63) is 53.6 Å². The van der Waals surface area contributed by atoms with Gasteiger partial charge in [0.15, 0.2) is 11.6 Å². The van der Waals surface area contributed by atoms with Crippen LogP contribution >= 0.6 is 7.52 Å². The van der Waals surface area contributed by atoms with Gasteiger partial charge in [-0.05, 0) is 97.8 Å². The Bertz CT molecular complexity index is 1170. The predicted octanol–water partition coefficient (Wildman–Crippen LogP) is 9.15. The fourth-order valence-corrected chi connectivity index (χ4v) is 8.98. The monoisotopic (exact) mass is 589 g/mol. The molecule has 0 spiro atoms. The number of ether oxygens (including phenoxy) is 1. The Morgan fingerprint density at radius 2 is 1.32 bits per heavy atom. The van der Waals surface area contributed by atoms with Gasteiger partial charge in [0, 0.05) is 11.7 Å². The lowest BCUT2D eigenvalue weighted by Crippen LogP contribution is -2.48. The van der Waals surface area contributed by atoms with E-state index in [1.54, 1.807) is 12.1 Å². The summed E-state index contributed by atoms with van der Waals surface area (Å²) in [7, 11) is -3.56. The minimum atomic E-state index is -3.56. The number of halogens is 2. The number of hydrogen-bond donors (Lipinski definition) is 3. The van der Waals surface area contributed by atoms with E-state index in [1.165, 1.54) is 49.3 Å². The van der Waals surface area contributed by atoms with Crippen LogP contribution in [0.25, 0.3) is 11.1 Å². The van der Waals surface area contributed by atoms with Crippen molar-refractivity contribution in [2.75, 3.05) is 12.8 Å². The van der Waals surface area contributed by atoms with Crippen molar-refractivity contribution >= 4 is 7.52 Å². The van der Waals surface area contributed by atoms with Crippen molar-refractivity contribution in [2.24, 2.45) is 17.8 Å². The second kappa shape index (κ2) is 13.7. The predicted molar refractivity (Wildman–Crippen MR) is 158 cm³/mol. The first kappa shape index (κ1) is 30.7. The van der Waals surface area contributed by atoms with E-state index in [0.717, 1.165) is 69.1 Å². The summed E-state index contributed by atoms with van der Waals surface area (Å²) < 4.78 is 46.8. The van der Waals surface area contributed by atoms with Crippen molar-refractivity contribution in [1.29, 1.82) is 0 Å². The number of hydrogen-bond acceptors (Lipinski definition) is 3. The fourth-order valence-electron chi connectivity index (χ4n) is 8.23. The molecule has 4 bridgehead atoms. The van der Waals surface area contributed by atoms with Crippen LogP contribution in [0.4, 0.5) is 8.78 Å². The van der Waals surface area contributed by atoms with Crippen molar-refractivity contribution in [3.8, 4) is 16.9 Å². The molecule has 4 fully saturated rings. The maximum absolute atomic E-state index is 15.1. The first-order chi connectivity index (χ1) is 19.8. The minimum Gasteiger partial charge on any atom is -0.490 e. The molecule has 1 unspecified atom stereocenters. The quantitative estimate of drug-likeness (QED) is 0.103. The van der Waals surface area contributed by atoms with Gasteiger partial charge in [-0.3, -0.25) is 4.57 Å². The van der Waals surface area contributed by atoms with Gasteiger partial charge in [0.05, 0.1) is 6.61 Å². The highest BCUT2D eigenvalue weighted by Crippen LogP contribution is 2.60. The van der Waals surface area contributed by atoms with Gasteiger partial charge in [-0.2, -0.15) is 4.39 Å². The average Bonchev–Trinajstić information content (AvgIpc) is 2.95. The molecule has 0 aliphatic heterocycles. The van der Waals surface area contributed by atoms with Gasteiger partial charge in [0.1, 0.15) is 0 Å². The third-order valence-corrected chi connectivity index (χ3v) is 11.1. The van der Waals surface area contributed by atoms with Crippen molar-refractivity contribution in [3.63, 3.8) is 0 Å². The largest absolute Gasteiger partial charge is 0.490 e. The van der Waals surface area contributed by atoms with Crippen LogP contribution in [0.2, 0.25) is 0 Å². The Morgan fingerprint density at radius 3 is 1.88 bits per heavy atom. The zero-order valence-electron chi connectivity index (χ0n) is 24.1. The SMILES string of the molecule is O=P(O)(CCCCCCCCCCCOc1ccc(-c2ccc(C34CC5CC(CC(C5)C3)C4)cc2)c(F)c1F)NO. The normalized spacial score (nSPS) is 26.3. The van der Waals surface area contributed by atoms with Gasteiger partial charge < -0.3 is 14.8 Å². The van der Waals surface area contributed by atoms with Crippen molar-refractivity contribution in [1.82, 2.24) is 5.25 Å². The molecule has 2 aromatic carbocycles. The van der Waals surface area contributed by atoms with Crippen LogP contribution in [0.15, 0.2) is 36.4 Å². The first-order valence-corrected chi connectivity index (χ1v) is 17.6. The lowest BCUT2D eigenvalue weighted by atomic mass is 9.48. The van der Waals surface area contributed by atoms with Crippen LogP contribution in [0.5, 0.6) is 5.75 Å². The average molecular weight is 590 g/mol. The molecule has 8 heteroatoms. The van der Waals surface area contributed by atoms with E-state index in [9.17, 15) is 13.8 Å². The van der Waals surface area contributed by atoms with Gasteiger partial charge >= 0.3 is 0 Å². The van der Waals surface area contributed by atoms with Crippen molar-refractivity contribution in [2.45, 2.75) is 102 Å². The Balaban J connectivity index is 1.02. The van der Waals surface area contributed by atoms with E-state index in [0.29, 0.717) is 24.0 Å². The molecule has 4 aliphatic carbocycles. The third-order valence-electron chi connectivity index (χ3n) is 9.91. The lowest BCUT2D eigenvalue weighted by molar-refractivity contribution is -0.00518. The fraction of sp³-hybridized carbons (Fsp3) is 0.636. The van der Waals surface area contributed by atoms with Crippen molar-refractivity contribution < 1.29 is 28.2 Å². The highest BCUT2D eigenvalue weighted by Gasteiger charge is 2.51. The second-order valence-electron chi connectivity index (χ2n) is 13.1. The van der Waals surface area contributed by atoms with Crippen LogP contribution in [-0.4, -0.2) is 22.9 Å². The number of rotatable bonds is 16. The van der Waals surface area contributed by atoms with Gasteiger partial charge in [-0.1, -0.05) is 69.2 Å². The molecule has 0 amide bonds. The third kappa shape index (κ3) is 7.60. The molecule has 0 aromatic heterocycles. The van der Waals surface area contributed by atoms with Crippen LogP contribution in [0.3, 0.4) is 0 Å². The van der Waals surface area contributed by atoms with E-state index in [-0.39, 0.29) is 17.5 Å². The second-order valence-corrected chi connectivity index (χ2v) is 15.1. The Morgan fingerprint density at radius 1 is 0.780 bits per heavy atom. The Hall–Kier alpha value is -1.79. The summed E-state index contributed by atoms with van der Waals surface area (Å²) in [4.78, 5) is 9.25. The standard InChI is InChI=1S/C33H46F2NO4P/c34-31-29(27-10-12-28(13-11-27)33-21-24-18-25(22-33)20-26(19-24)23-33)14-15-30(32(31)35)40-16-8-6-4-2-1-3-5-7-9-17-41(38,39)36-37/h10-15,24-26,37H,1-9,16-23H2,(H2,36,38,39). The van der Waals surface area contributed by atoms with E-state index >= 15 is 4.39 Å². The summed E-state index contributed by atoms with van der Waals surface area (Å²) in [5.74, 6) is 0.820. The molecule has 5 nitrogen and oxygen atoms in total. The minimum absolute atomic E-state index is 0.0275. The van der Waals surface area contributed by atoms with Gasteiger partial charge in [0.2, 0.25) is 5.82 Å². The Labute approximate surface area is 243 Å². The number of benzene rings is 2. The molecular weight excluding hydrogens is 543 g/mol. The summed E-state index contributed by atoms with van der Waals surface area (Å²) >= 11 is 0. The zero-order chi connectivity index (χ0) is 28.9. The summed E-state index contributed by atoms with van der Waals surface area (Å²) in [5.41, 5.74) is 2.66. The maximum atomic E-state index is 15.1. The molecule has 3 N–H and O–H groups in total. The topological polar surface area (TPSA) is 78.8 Å². The van der Waals surface area contributed by atoms with Crippen LogP contribution < -0.4 is 9.99 Å². The first-order valence-electron chi connectivity index (χ1n) is 15.7. The van der Waals surface area contributed by atoms with Gasteiger partial charge in [0.25, 0.3) is 7.52 Å². The summed E-state index contributed by atoms with van der Waals surface area (Å²) in [6.45, 7) is 0.357. The summed E-state index contributed by atoms with van der Waals surface area (Å²) in [5, 5.41) is 10.0. The molecular formula is C33H46F2NO4P. The molecule has 1 atom stereocenters. The van der Waals surface area contributed by atoms with Crippen LogP contribution in [0, 0.1) is 29.4 Å².